The number of nitrogens with one attached hydrogen (secondary N) is 2. The third-order valence-electron chi connectivity index (χ3n) is 4.07. The fourth-order valence-corrected chi connectivity index (χ4v) is 2.75. The highest BCUT2D eigenvalue weighted by atomic mass is 16.4. The number of aliphatic hydroxyl groups is 1. The number of carbonyl (C=O) groups excluding carboxylic acids is 1. The zero-order chi connectivity index (χ0) is 15.5. The minimum absolute atomic E-state index is 0.115. The van der Waals surface area contributed by atoms with Crippen LogP contribution in [-0.4, -0.2) is 24.2 Å². The molecule has 5 nitrogen and oxygen atoms in total. The Balaban J connectivity index is 1.73. The highest BCUT2D eigenvalue weighted by molar-refractivity contribution is 5.74. The molecule has 1 heterocycles. The van der Waals surface area contributed by atoms with Crippen molar-refractivity contribution in [2.75, 3.05) is 13.1 Å². The SMILES string of the molecule is CC(C)CC1(CNC(=O)NCC(C)(O)c2ccco2)CC1. The highest BCUT2D eigenvalue weighted by Gasteiger charge is 2.42. The van der Waals surface area contributed by atoms with Gasteiger partial charge in [0.2, 0.25) is 0 Å². The average molecular weight is 294 g/mol. The van der Waals surface area contributed by atoms with Crippen molar-refractivity contribution in [3.05, 3.63) is 24.2 Å². The monoisotopic (exact) mass is 294 g/mol. The lowest BCUT2D eigenvalue weighted by Crippen LogP contribution is -2.44. The van der Waals surface area contributed by atoms with Crippen LogP contribution < -0.4 is 10.6 Å². The van der Waals surface area contributed by atoms with Gasteiger partial charge in [0.25, 0.3) is 0 Å². The molecule has 1 aliphatic carbocycles. The fourth-order valence-electron chi connectivity index (χ4n) is 2.75. The van der Waals surface area contributed by atoms with Crippen LogP contribution in [0.1, 0.15) is 45.8 Å². The maximum Gasteiger partial charge on any atom is 0.314 e. The number of hydrogen-bond acceptors (Lipinski definition) is 3. The first-order valence-electron chi connectivity index (χ1n) is 7.61. The second-order valence-corrected chi connectivity index (χ2v) is 6.89. The van der Waals surface area contributed by atoms with Crippen molar-refractivity contribution in [3.8, 4) is 0 Å². The first-order chi connectivity index (χ1) is 9.83. The molecular weight excluding hydrogens is 268 g/mol. The summed E-state index contributed by atoms with van der Waals surface area (Å²) in [6, 6.07) is 3.17. The van der Waals surface area contributed by atoms with Crippen molar-refractivity contribution < 1.29 is 14.3 Å². The van der Waals surface area contributed by atoms with E-state index >= 15 is 0 Å². The van der Waals surface area contributed by atoms with Crippen LogP contribution in [-0.2, 0) is 5.60 Å². The molecule has 0 aromatic carbocycles. The van der Waals surface area contributed by atoms with Crippen LogP contribution in [0.5, 0.6) is 0 Å². The van der Waals surface area contributed by atoms with Crippen molar-refractivity contribution in [2.24, 2.45) is 11.3 Å². The van der Waals surface area contributed by atoms with Crippen LogP contribution in [0, 0.1) is 11.3 Å². The van der Waals surface area contributed by atoms with Crippen molar-refractivity contribution in [2.45, 2.75) is 45.6 Å². The molecular formula is C16H26N2O3. The Labute approximate surface area is 126 Å². The molecule has 1 unspecified atom stereocenters. The van der Waals surface area contributed by atoms with Gasteiger partial charge in [-0.15, -0.1) is 0 Å². The van der Waals surface area contributed by atoms with Crippen LogP contribution in [0.4, 0.5) is 4.79 Å². The molecule has 1 aromatic rings. The van der Waals surface area contributed by atoms with E-state index in [0.717, 1.165) is 6.42 Å². The predicted octanol–water partition coefficient (Wildman–Crippen LogP) is 2.61. The molecule has 0 saturated heterocycles. The van der Waals surface area contributed by atoms with Gasteiger partial charge >= 0.3 is 6.03 Å². The van der Waals surface area contributed by atoms with Gasteiger partial charge in [0.1, 0.15) is 11.4 Å². The van der Waals surface area contributed by atoms with Crippen molar-refractivity contribution in [1.82, 2.24) is 10.6 Å². The minimum Gasteiger partial charge on any atom is -0.466 e. The molecule has 21 heavy (non-hydrogen) atoms. The van der Waals surface area contributed by atoms with E-state index in [2.05, 4.69) is 24.5 Å². The molecule has 0 radical (unpaired) electrons. The number of carbonyl (C=O) groups is 1. The normalized spacial score (nSPS) is 19.1. The Morgan fingerprint density at radius 3 is 2.71 bits per heavy atom. The van der Waals surface area contributed by atoms with E-state index in [0.29, 0.717) is 23.6 Å². The van der Waals surface area contributed by atoms with E-state index in [-0.39, 0.29) is 12.6 Å². The Kier molecular flexibility index (Phi) is 4.61. The summed E-state index contributed by atoms with van der Waals surface area (Å²) in [7, 11) is 0. The van der Waals surface area contributed by atoms with Gasteiger partial charge in [0.15, 0.2) is 0 Å². The summed E-state index contributed by atoms with van der Waals surface area (Å²) < 4.78 is 5.18. The zero-order valence-corrected chi connectivity index (χ0v) is 13.1. The van der Waals surface area contributed by atoms with Gasteiger partial charge in [-0.3, -0.25) is 0 Å². The largest absolute Gasteiger partial charge is 0.466 e. The summed E-state index contributed by atoms with van der Waals surface area (Å²) in [5.74, 6) is 1.10. The quantitative estimate of drug-likeness (QED) is 0.723. The van der Waals surface area contributed by atoms with Crippen LogP contribution in [0.15, 0.2) is 22.8 Å². The van der Waals surface area contributed by atoms with E-state index in [9.17, 15) is 9.90 Å². The van der Waals surface area contributed by atoms with E-state index in [4.69, 9.17) is 4.42 Å². The topological polar surface area (TPSA) is 74.5 Å². The molecule has 3 N–H and O–H groups in total. The third-order valence-corrected chi connectivity index (χ3v) is 4.07. The molecule has 1 aliphatic rings. The second kappa shape index (κ2) is 6.10. The van der Waals surface area contributed by atoms with E-state index in [1.54, 1.807) is 19.1 Å². The minimum atomic E-state index is -1.20. The summed E-state index contributed by atoms with van der Waals surface area (Å²) in [6.45, 7) is 6.86. The smallest absolute Gasteiger partial charge is 0.314 e. The molecule has 118 valence electrons. The van der Waals surface area contributed by atoms with Gasteiger partial charge < -0.3 is 20.2 Å². The Hall–Kier alpha value is -1.49. The summed E-state index contributed by atoms with van der Waals surface area (Å²) in [4.78, 5) is 11.9. The molecule has 5 heteroatoms. The van der Waals surface area contributed by atoms with E-state index in [1.807, 2.05) is 0 Å². The number of amides is 2. The Morgan fingerprint density at radius 2 is 2.19 bits per heavy atom. The molecule has 1 saturated carbocycles. The van der Waals surface area contributed by atoms with Crippen molar-refractivity contribution in [3.63, 3.8) is 0 Å². The number of urea groups is 1. The summed E-state index contributed by atoms with van der Waals surface area (Å²) >= 11 is 0. The standard InChI is InChI=1S/C16H26N2O3/c1-12(2)9-16(6-7-16)11-18-14(19)17-10-15(3,20)13-5-4-8-21-13/h4-5,8,12,20H,6-7,9-11H2,1-3H3,(H2,17,18,19). The number of rotatable bonds is 7. The lowest BCUT2D eigenvalue weighted by atomic mass is 9.94. The van der Waals surface area contributed by atoms with Gasteiger partial charge in [0, 0.05) is 6.54 Å². The van der Waals surface area contributed by atoms with Crippen LogP contribution in [0.25, 0.3) is 0 Å². The van der Waals surface area contributed by atoms with Gasteiger partial charge in [0.05, 0.1) is 12.8 Å². The maximum absolute atomic E-state index is 11.9. The van der Waals surface area contributed by atoms with Crippen LogP contribution in [0.3, 0.4) is 0 Å². The maximum atomic E-state index is 11.9. The first-order valence-corrected chi connectivity index (χ1v) is 7.61. The fraction of sp³-hybridized carbons (Fsp3) is 0.688. The molecule has 0 spiro atoms. The molecule has 1 atom stereocenters. The number of hydrogen-bond donors (Lipinski definition) is 3. The Bertz CT molecular complexity index is 462. The second-order valence-electron chi connectivity index (χ2n) is 6.89. The molecule has 1 fully saturated rings. The highest BCUT2D eigenvalue weighted by Crippen LogP contribution is 2.49. The van der Waals surface area contributed by atoms with Crippen LogP contribution >= 0.6 is 0 Å². The molecule has 0 bridgehead atoms. The lowest BCUT2D eigenvalue weighted by Gasteiger charge is -2.22. The zero-order valence-electron chi connectivity index (χ0n) is 13.1. The predicted molar refractivity (Wildman–Crippen MR) is 80.8 cm³/mol. The Morgan fingerprint density at radius 1 is 1.48 bits per heavy atom. The summed E-state index contributed by atoms with van der Waals surface area (Å²) in [5.41, 5.74) is -0.898. The van der Waals surface area contributed by atoms with Crippen molar-refractivity contribution >= 4 is 6.03 Å². The van der Waals surface area contributed by atoms with E-state index in [1.165, 1.54) is 19.1 Å². The van der Waals surface area contributed by atoms with Gasteiger partial charge in [-0.05, 0) is 49.7 Å². The van der Waals surface area contributed by atoms with Gasteiger partial charge in [-0.1, -0.05) is 13.8 Å². The average Bonchev–Trinajstić information content (AvgIpc) is 2.93. The van der Waals surface area contributed by atoms with Crippen molar-refractivity contribution in [1.29, 1.82) is 0 Å². The summed E-state index contributed by atoms with van der Waals surface area (Å²) in [6.07, 6.45) is 5.04. The van der Waals surface area contributed by atoms with Crippen LogP contribution in [0.2, 0.25) is 0 Å². The van der Waals surface area contributed by atoms with E-state index < -0.39 is 5.60 Å². The third kappa shape index (κ3) is 4.49. The molecule has 1 aromatic heterocycles. The molecule has 2 amide bonds. The van der Waals surface area contributed by atoms with Gasteiger partial charge in [-0.25, -0.2) is 4.79 Å². The molecule has 2 rings (SSSR count). The lowest BCUT2D eigenvalue weighted by molar-refractivity contribution is 0.0367. The first kappa shape index (κ1) is 15.9. The van der Waals surface area contributed by atoms with Gasteiger partial charge in [-0.2, -0.15) is 0 Å². The number of furan rings is 1. The molecule has 0 aliphatic heterocycles. The summed E-state index contributed by atoms with van der Waals surface area (Å²) in [5, 5.41) is 15.9.